The second-order valence-corrected chi connectivity index (χ2v) is 10.6. The van der Waals surface area contributed by atoms with Gasteiger partial charge in [-0.05, 0) is 56.1 Å². The molecule has 2 aromatic carbocycles. The van der Waals surface area contributed by atoms with Crippen LogP contribution in [0, 0.1) is 13.8 Å². The van der Waals surface area contributed by atoms with Crippen LogP contribution in [-0.4, -0.2) is 63.1 Å². The first-order chi connectivity index (χ1) is 18.5. The molecule has 7 nitrogen and oxygen atoms in total. The third-order valence-corrected chi connectivity index (χ3v) is 7.51. The van der Waals surface area contributed by atoms with Crippen LogP contribution in [0.1, 0.15) is 54.2 Å². The summed E-state index contributed by atoms with van der Waals surface area (Å²) in [6.07, 6.45) is 4.80. The van der Waals surface area contributed by atoms with Gasteiger partial charge in [-0.2, -0.15) is 4.99 Å². The van der Waals surface area contributed by atoms with Crippen LogP contribution < -0.4 is 10.6 Å². The lowest BCUT2D eigenvalue weighted by molar-refractivity contribution is 0.150. The van der Waals surface area contributed by atoms with Gasteiger partial charge in [0, 0.05) is 43.6 Å². The summed E-state index contributed by atoms with van der Waals surface area (Å²) in [4.78, 5) is 18.9. The Labute approximate surface area is 231 Å². The highest BCUT2D eigenvalue weighted by Crippen LogP contribution is 2.29. The minimum absolute atomic E-state index is 0.209. The Kier molecular flexibility index (Phi) is 8.61. The van der Waals surface area contributed by atoms with Gasteiger partial charge in [-0.3, -0.25) is 10.2 Å². The SMILES string of the molecule is Cc1cc(C)nc(N/C(=N/C(=S)NC2CCCC2)N2CCN(C(c3ccccc3)c3ccccc3)CC2)n1. The van der Waals surface area contributed by atoms with E-state index in [1.807, 2.05) is 19.9 Å². The number of anilines is 1. The van der Waals surface area contributed by atoms with Crippen LogP contribution in [0.5, 0.6) is 0 Å². The molecule has 2 aliphatic rings. The van der Waals surface area contributed by atoms with Crippen molar-refractivity contribution >= 4 is 29.2 Å². The van der Waals surface area contributed by atoms with E-state index >= 15 is 0 Å². The fourth-order valence-electron chi connectivity index (χ4n) is 5.51. The Morgan fingerprint density at radius 3 is 1.97 bits per heavy atom. The van der Waals surface area contributed by atoms with Gasteiger partial charge in [0.1, 0.15) is 0 Å². The fourth-order valence-corrected chi connectivity index (χ4v) is 5.76. The van der Waals surface area contributed by atoms with Crippen molar-refractivity contribution in [2.45, 2.75) is 51.6 Å². The molecule has 1 saturated carbocycles. The van der Waals surface area contributed by atoms with E-state index in [1.165, 1.54) is 24.0 Å². The highest BCUT2D eigenvalue weighted by atomic mass is 32.1. The predicted molar refractivity (Wildman–Crippen MR) is 158 cm³/mol. The van der Waals surface area contributed by atoms with Gasteiger partial charge in [-0.25, -0.2) is 9.97 Å². The molecule has 0 atom stereocenters. The number of benzene rings is 2. The Bertz CT molecular complexity index is 1170. The lowest BCUT2D eigenvalue weighted by Gasteiger charge is -2.40. The van der Waals surface area contributed by atoms with Gasteiger partial charge in [0.05, 0.1) is 6.04 Å². The highest BCUT2D eigenvalue weighted by Gasteiger charge is 2.28. The average molecular weight is 528 g/mol. The van der Waals surface area contributed by atoms with Gasteiger partial charge >= 0.3 is 0 Å². The van der Waals surface area contributed by atoms with Crippen molar-refractivity contribution in [3.8, 4) is 0 Å². The molecule has 0 radical (unpaired) electrons. The van der Waals surface area contributed by atoms with Crippen molar-refractivity contribution in [3.05, 3.63) is 89.2 Å². The topological polar surface area (TPSA) is 68.7 Å². The van der Waals surface area contributed by atoms with E-state index in [2.05, 4.69) is 91.1 Å². The van der Waals surface area contributed by atoms with E-state index in [-0.39, 0.29) is 6.04 Å². The quantitative estimate of drug-likeness (QED) is 0.272. The van der Waals surface area contributed by atoms with Crippen molar-refractivity contribution in [1.29, 1.82) is 0 Å². The zero-order chi connectivity index (χ0) is 26.3. The standard InChI is InChI=1S/C30H37N7S/c1-22-21-23(2)32-28(31-22)34-29(35-30(38)33-26-15-9-10-16-26)37-19-17-36(18-20-37)27(24-11-5-3-6-12-24)25-13-7-4-8-14-25/h3-8,11-14,21,26-27H,9-10,15-20H2,1-2H3,(H2,31,32,33,34,35,38). The van der Waals surface area contributed by atoms with E-state index in [1.54, 1.807) is 0 Å². The molecular weight excluding hydrogens is 490 g/mol. The maximum Gasteiger partial charge on any atom is 0.229 e. The van der Waals surface area contributed by atoms with Crippen LogP contribution in [0.2, 0.25) is 0 Å². The smallest absolute Gasteiger partial charge is 0.229 e. The van der Waals surface area contributed by atoms with E-state index in [0.29, 0.717) is 23.1 Å². The van der Waals surface area contributed by atoms with Crippen LogP contribution in [0.25, 0.3) is 0 Å². The molecule has 0 bridgehead atoms. The molecule has 2 fully saturated rings. The molecule has 38 heavy (non-hydrogen) atoms. The maximum atomic E-state index is 5.68. The monoisotopic (exact) mass is 527 g/mol. The molecule has 0 spiro atoms. The lowest BCUT2D eigenvalue weighted by Crippen LogP contribution is -2.52. The molecule has 1 aliphatic carbocycles. The molecule has 1 aromatic heterocycles. The largest absolute Gasteiger partial charge is 0.358 e. The molecule has 8 heteroatoms. The molecule has 1 aliphatic heterocycles. The number of aliphatic imine (C=N–C) groups is 1. The predicted octanol–water partition coefficient (Wildman–Crippen LogP) is 5.09. The first kappa shape index (κ1) is 26.3. The number of guanidine groups is 1. The second kappa shape index (κ2) is 12.5. The highest BCUT2D eigenvalue weighted by molar-refractivity contribution is 7.80. The third-order valence-electron chi connectivity index (χ3n) is 7.31. The molecular formula is C30H37N7S. The second-order valence-electron chi connectivity index (χ2n) is 10.2. The summed E-state index contributed by atoms with van der Waals surface area (Å²) in [6.45, 7) is 7.39. The van der Waals surface area contributed by atoms with Crippen molar-refractivity contribution in [3.63, 3.8) is 0 Å². The van der Waals surface area contributed by atoms with E-state index in [4.69, 9.17) is 17.2 Å². The summed E-state index contributed by atoms with van der Waals surface area (Å²) in [7, 11) is 0. The average Bonchev–Trinajstić information content (AvgIpc) is 3.42. The first-order valence-electron chi connectivity index (χ1n) is 13.6. The van der Waals surface area contributed by atoms with Crippen LogP contribution in [0.3, 0.4) is 0 Å². The van der Waals surface area contributed by atoms with Gasteiger partial charge < -0.3 is 10.2 Å². The van der Waals surface area contributed by atoms with Crippen molar-refractivity contribution in [1.82, 2.24) is 25.1 Å². The molecule has 2 heterocycles. The molecule has 2 N–H and O–H groups in total. The fraction of sp³-hybridized carbons (Fsp3) is 0.400. The van der Waals surface area contributed by atoms with Gasteiger partial charge in [0.15, 0.2) is 5.11 Å². The van der Waals surface area contributed by atoms with Gasteiger partial charge in [0.25, 0.3) is 0 Å². The number of thiocarbonyl (C=S) groups is 1. The van der Waals surface area contributed by atoms with Gasteiger partial charge in [-0.1, -0.05) is 73.5 Å². The van der Waals surface area contributed by atoms with Crippen LogP contribution in [-0.2, 0) is 0 Å². The van der Waals surface area contributed by atoms with Crippen LogP contribution in [0.15, 0.2) is 71.7 Å². The minimum Gasteiger partial charge on any atom is -0.358 e. The Morgan fingerprint density at radius 1 is 0.868 bits per heavy atom. The summed E-state index contributed by atoms with van der Waals surface area (Å²) in [5.41, 5.74) is 4.46. The van der Waals surface area contributed by atoms with E-state index < -0.39 is 0 Å². The number of nitrogens with zero attached hydrogens (tertiary/aromatic N) is 5. The normalized spacial score (nSPS) is 17.1. The molecule has 0 amide bonds. The number of nitrogens with one attached hydrogen (secondary N) is 2. The van der Waals surface area contributed by atoms with Gasteiger partial charge in [-0.15, -0.1) is 0 Å². The Morgan fingerprint density at radius 2 is 1.42 bits per heavy atom. The third kappa shape index (κ3) is 6.74. The van der Waals surface area contributed by atoms with Crippen molar-refractivity contribution in [2.75, 3.05) is 31.5 Å². The number of hydrogen-bond donors (Lipinski definition) is 2. The zero-order valence-electron chi connectivity index (χ0n) is 22.3. The number of aromatic nitrogens is 2. The zero-order valence-corrected chi connectivity index (χ0v) is 23.1. The minimum atomic E-state index is 0.209. The molecule has 3 aromatic rings. The number of rotatable bonds is 5. The summed E-state index contributed by atoms with van der Waals surface area (Å²) in [6, 6.07) is 24.1. The molecule has 198 valence electrons. The summed E-state index contributed by atoms with van der Waals surface area (Å²) in [5.74, 6) is 1.26. The van der Waals surface area contributed by atoms with Crippen LogP contribution >= 0.6 is 12.2 Å². The number of hydrogen-bond acceptors (Lipinski definition) is 4. The Balaban J connectivity index is 1.35. The van der Waals surface area contributed by atoms with Crippen molar-refractivity contribution < 1.29 is 0 Å². The van der Waals surface area contributed by atoms with Gasteiger partial charge in [0.2, 0.25) is 11.9 Å². The summed E-state index contributed by atoms with van der Waals surface area (Å²) < 4.78 is 0. The Hall–Kier alpha value is -3.36. The molecule has 0 unspecified atom stereocenters. The van der Waals surface area contributed by atoms with Crippen molar-refractivity contribution in [2.24, 2.45) is 4.99 Å². The van der Waals surface area contributed by atoms with Crippen LogP contribution in [0.4, 0.5) is 5.95 Å². The van der Waals surface area contributed by atoms with E-state index in [9.17, 15) is 0 Å². The number of piperazine rings is 1. The first-order valence-corrected chi connectivity index (χ1v) is 14.0. The molecule has 5 rings (SSSR count). The molecule has 1 saturated heterocycles. The summed E-state index contributed by atoms with van der Waals surface area (Å²) in [5, 5.41) is 7.38. The lowest BCUT2D eigenvalue weighted by atomic mass is 9.96. The maximum absolute atomic E-state index is 5.68. The van der Waals surface area contributed by atoms with E-state index in [0.717, 1.165) is 50.4 Å². The summed E-state index contributed by atoms with van der Waals surface area (Å²) >= 11 is 5.68. The number of aryl methyl sites for hydroxylation is 2.